The van der Waals surface area contributed by atoms with Crippen LogP contribution >= 0.6 is 15.9 Å². The Hall–Kier alpha value is -1.17. The number of hydrogen-bond acceptors (Lipinski definition) is 4. The lowest BCUT2D eigenvalue weighted by Gasteiger charge is -2.15. The minimum atomic E-state index is 0.343. The van der Waals surface area contributed by atoms with Gasteiger partial charge in [0, 0.05) is 10.9 Å². The molecule has 0 saturated heterocycles. The van der Waals surface area contributed by atoms with Crippen LogP contribution < -0.4 is 5.32 Å². The molecule has 2 aromatic heterocycles. The number of nitrogens with zero attached hydrogens (tertiary/aromatic N) is 3. The van der Waals surface area contributed by atoms with E-state index in [9.17, 15) is 0 Å². The highest BCUT2D eigenvalue weighted by Gasteiger charge is 2.10. The molecule has 0 bridgehead atoms. The first-order chi connectivity index (χ1) is 7.66. The van der Waals surface area contributed by atoms with E-state index in [-0.39, 0.29) is 0 Å². The first-order valence-electron chi connectivity index (χ1n) is 5.21. The molecular weight excluding hydrogens is 270 g/mol. The van der Waals surface area contributed by atoms with Crippen molar-refractivity contribution >= 4 is 32.9 Å². The van der Waals surface area contributed by atoms with Gasteiger partial charge in [-0.1, -0.05) is 22.9 Å². The Morgan fingerprint density at radius 1 is 1.38 bits per heavy atom. The quantitative estimate of drug-likeness (QED) is 0.846. The zero-order valence-corrected chi connectivity index (χ0v) is 10.8. The van der Waals surface area contributed by atoms with Crippen LogP contribution in [0.5, 0.6) is 0 Å². The third-order valence-corrected chi connectivity index (χ3v) is 2.66. The molecular formula is C10H14BrN5. The minimum Gasteiger partial charge on any atom is -0.366 e. The Kier molecular flexibility index (Phi) is 3.38. The largest absolute Gasteiger partial charge is 0.366 e. The van der Waals surface area contributed by atoms with Gasteiger partial charge >= 0.3 is 0 Å². The van der Waals surface area contributed by atoms with E-state index >= 15 is 0 Å². The number of halogens is 1. The number of H-pyrrole nitrogens is 1. The van der Waals surface area contributed by atoms with Gasteiger partial charge in [-0.3, -0.25) is 0 Å². The van der Waals surface area contributed by atoms with Gasteiger partial charge in [0.1, 0.15) is 11.8 Å². The fourth-order valence-corrected chi connectivity index (χ4v) is 2.21. The van der Waals surface area contributed by atoms with Crippen LogP contribution in [0.15, 0.2) is 12.7 Å². The molecule has 0 aliphatic rings. The molecule has 0 saturated carbocycles. The second-order valence-electron chi connectivity index (χ2n) is 3.89. The summed E-state index contributed by atoms with van der Waals surface area (Å²) in [5.74, 6) is 0.808. The van der Waals surface area contributed by atoms with Crippen molar-refractivity contribution < 1.29 is 0 Å². The Bertz CT molecular complexity index is 467. The van der Waals surface area contributed by atoms with Gasteiger partial charge < -0.3 is 10.3 Å². The van der Waals surface area contributed by atoms with E-state index in [1.54, 1.807) is 6.33 Å². The first-order valence-corrected chi connectivity index (χ1v) is 6.13. The third kappa shape index (κ3) is 2.49. The molecule has 2 aromatic rings. The highest BCUT2D eigenvalue weighted by atomic mass is 79.9. The lowest BCUT2D eigenvalue weighted by molar-refractivity contribution is 0.705. The summed E-state index contributed by atoms with van der Waals surface area (Å²) in [6.07, 6.45) is 4.18. The number of fused-ring (bicyclic) bond motifs is 1. The standard InChI is InChI=1S/C10H14BrN5/c1-6(11)3-7(2)16-10-8-9(13-4-12-8)14-5-15-10/h4-7H,3H2,1-2H3,(H2,12,13,14,15,16). The summed E-state index contributed by atoms with van der Waals surface area (Å²) in [5, 5.41) is 3.35. The van der Waals surface area contributed by atoms with Crippen LogP contribution in [0.3, 0.4) is 0 Å². The van der Waals surface area contributed by atoms with Crippen LogP contribution in [0.1, 0.15) is 20.3 Å². The van der Waals surface area contributed by atoms with Gasteiger partial charge in [0.2, 0.25) is 0 Å². The highest BCUT2D eigenvalue weighted by molar-refractivity contribution is 9.09. The van der Waals surface area contributed by atoms with Gasteiger partial charge in [-0.15, -0.1) is 0 Å². The first kappa shape index (κ1) is 11.3. The molecule has 2 unspecified atom stereocenters. The van der Waals surface area contributed by atoms with Crippen molar-refractivity contribution in [2.75, 3.05) is 5.32 Å². The lowest BCUT2D eigenvalue weighted by atomic mass is 10.2. The molecule has 0 aromatic carbocycles. The number of aromatic amines is 1. The van der Waals surface area contributed by atoms with E-state index < -0.39 is 0 Å². The van der Waals surface area contributed by atoms with Crippen LogP contribution in [0.4, 0.5) is 5.82 Å². The zero-order valence-electron chi connectivity index (χ0n) is 9.24. The van der Waals surface area contributed by atoms with Gasteiger partial charge in [-0.05, 0) is 13.3 Å². The van der Waals surface area contributed by atoms with Crippen LogP contribution in [-0.4, -0.2) is 30.8 Å². The van der Waals surface area contributed by atoms with Gasteiger partial charge in [-0.2, -0.15) is 0 Å². The van der Waals surface area contributed by atoms with Gasteiger partial charge in [0.15, 0.2) is 11.5 Å². The molecule has 2 heterocycles. The number of rotatable bonds is 4. The average Bonchev–Trinajstić information content (AvgIpc) is 2.65. The third-order valence-electron chi connectivity index (χ3n) is 2.28. The fraction of sp³-hybridized carbons (Fsp3) is 0.500. The number of alkyl halides is 1. The molecule has 0 spiro atoms. The normalized spacial score (nSPS) is 14.9. The number of hydrogen-bond donors (Lipinski definition) is 2. The van der Waals surface area contributed by atoms with E-state index in [0.29, 0.717) is 16.5 Å². The maximum Gasteiger partial charge on any atom is 0.182 e. The Morgan fingerprint density at radius 2 is 2.19 bits per heavy atom. The summed E-state index contributed by atoms with van der Waals surface area (Å²) >= 11 is 3.54. The van der Waals surface area contributed by atoms with E-state index in [4.69, 9.17) is 0 Å². The van der Waals surface area contributed by atoms with Crippen LogP contribution in [0, 0.1) is 0 Å². The Morgan fingerprint density at radius 3 is 2.94 bits per heavy atom. The molecule has 0 aliphatic heterocycles. The number of imidazole rings is 1. The number of anilines is 1. The predicted octanol–water partition coefficient (Wildman–Crippen LogP) is 2.33. The predicted molar refractivity (Wildman–Crippen MR) is 67.8 cm³/mol. The lowest BCUT2D eigenvalue weighted by Crippen LogP contribution is -2.19. The smallest absolute Gasteiger partial charge is 0.182 e. The van der Waals surface area contributed by atoms with Gasteiger partial charge in [0.05, 0.1) is 6.33 Å². The van der Waals surface area contributed by atoms with Crippen LogP contribution in [0.25, 0.3) is 11.2 Å². The fourth-order valence-electron chi connectivity index (χ4n) is 1.65. The average molecular weight is 284 g/mol. The van der Waals surface area contributed by atoms with E-state index in [1.165, 1.54) is 6.33 Å². The number of nitrogens with one attached hydrogen (secondary N) is 2. The molecule has 0 fully saturated rings. The molecule has 6 heteroatoms. The topological polar surface area (TPSA) is 66.5 Å². The second kappa shape index (κ2) is 4.78. The van der Waals surface area contributed by atoms with Crippen LogP contribution in [-0.2, 0) is 0 Å². The van der Waals surface area contributed by atoms with Crippen molar-refractivity contribution in [3.05, 3.63) is 12.7 Å². The van der Waals surface area contributed by atoms with Crippen molar-refractivity contribution in [2.45, 2.75) is 31.1 Å². The number of aromatic nitrogens is 4. The summed E-state index contributed by atoms with van der Waals surface area (Å²) < 4.78 is 0. The molecule has 2 atom stereocenters. The van der Waals surface area contributed by atoms with Crippen molar-refractivity contribution in [2.24, 2.45) is 0 Å². The molecule has 5 nitrogen and oxygen atoms in total. The van der Waals surface area contributed by atoms with Gasteiger partial charge in [-0.25, -0.2) is 15.0 Å². The highest BCUT2D eigenvalue weighted by Crippen LogP contribution is 2.17. The summed E-state index contributed by atoms with van der Waals surface area (Å²) in [6, 6.07) is 0.343. The monoisotopic (exact) mass is 283 g/mol. The maximum absolute atomic E-state index is 4.22. The summed E-state index contributed by atoms with van der Waals surface area (Å²) in [6.45, 7) is 4.26. The Labute approximate surface area is 102 Å². The molecule has 0 aliphatic carbocycles. The van der Waals surface area contributed by atoms with E-state index in [0.717, 1.165) is 17.8 Å². The van der Waals surface area contributed by atoms with E-state index in [1.807, 2.05) is 0 Å². The molecule has 0 radical (unpaired) electrons. The molecule has 0 amide bonds. The minimum absolute atomic E-state index is 0.343. The molecule has 2 N–H and O–H groups in total. The Balaban J connectivity index is 2.17. The summed E-state index contributed by atoms with van der Waals surface area (Å²) in [7, 11) is 0. The SMILES string of the molecule is CC(Br)CC(C)Nc1ncnc2nc[nH]c12. The van der Waals surface area contributed by atoms with E-state index in [2.05, 4.69) is 55.0 Å². The summed E-state index contributed by atoms with van der Waals surface area (Å²) in [5.41, 5.74) is 1.55. The van der Waals surface area contributed by atoms with Crippen molar-refractivity contribution in [1.29, 1.82) is 0 Å². The van der Waals surface area contributed by atoms with Gasteiger partial charge in [0.25, 0.3) is 0 Å². The van der Waals surface area contributed by atoms with Crippen molar-refractivity contribution in [3.8, 4) is 0 Å². The summed E-state index contributed by atoms with van der Waals surface area (Å²) in [4.78, 5) is 15.9. The maximum atomic E-state index is 4.22. The van der Waals surface area contributed by atoms with Crippen LogP contribution in [0.2, 0.25) is 0 Å². The van der Waals surface area contributed by atoms with Crippen molar-refractivity contribution in [3.63, 3.8) is 0 Å². The second-order valence-corrected chi connectivity index (χ2v) is 5.45. The van der Waals surface area contributed by atoms with Crippen molar-refractivity contribution in [1.82, 2.24) is 19.9 Å². The molecule has 16 heavy (non-hydrogen) atoms. The zero-order chi connectivity index (χ0) is 11.5. The molecule has 2 rings (SSSR count). The molecule has 86 valence electrons.